The van der Waals surface area contributed by atoms with Gasteiger partial charge >= 0.3 is 0 Å². The number of phenols is 1. The van der Waals surface area contributed by atoms with E-state index in [-0.39, 0.29) is 16.9 Å². The van der Waals surface area contributed by atoms with Crippen molar-refractivity contribution in [3.63, 3.8) is 0 Å². The van der Waals surface area contributed by atoms with Gasteiger partial charge in [0.1, 0.15) is 11.6 Å². The lowest BCUT2D eigenvalue weighted by molar-refractivity contribution is 0.463. The summed E-state index contributed by atoms with van der Waals surface area (Å²) in [6.45, 7) is 1.48. The Kier molecular flexibility index (Phi) is 2.67. The summed E-state index contributed by atoms with van der Waals surface area (Å²) in [6, 6.07) is 4.02. The number of hydrogen-bond donors (Lipinski definition) is 1. The molecule has 0 unspecified atom stereocenters. The maximum atomic E-state index is 13.4. The molecule has 0 aliphatic heterocycles. The van der Waals surface area contributed by atoms with Crippen molar-refractivity contribution in [2.45, 2.75) is 6.92 Å². The Bertz CT molecular complexity index is 612. The first-order chi connectivity index (χ1) is 7.99. The summed E-state index contributed by atoms with van der Waals surface area (Å²) in [4.78, 5) is 11.4. The molecule has 2 aromatic rings. The molecule has 0 aliphatic rings. The Balaban J connectivity index is 2.61. The fourth-order valence-electron chi connectivity index (χ4n) is 1.46. The van der Waals surface area contributed by atoms with Crippen molar-refractivity contribution in [3.05, 3.63) is 46.1 Å². The van der Waals surface area contributed by atoms with Crippen LogP contribution in [0.25, 0.3) is 11.1 Å². The van der Waals surface area contributed by atoms with E-state index in [9.17, 15) is 14.3 Å². The zero-order chi connectivity index (χ0) is 12.6. The van der Waals surface area contributed by atoms with Crippen molar-refractivity contribution < 1.29 is 9.50 Å². The molecule has 0 saturated heterocycles. The number of nitrogens with zero attached hydrogens (tertiary/aromatic N) is 2. The van der Waals surface area contributed by atoms with Crippen molar-refractivity contribution in [2.75, 3.05) is 0 Å². The lowest BCUT2D eigenvalue weighted by Gasteiger charge is -2.06. The van der Waals surface area contributed by atoms with Crippen molar-refractivity contribution in [1.82, 2.24) is 9.78 Å². The first-order valence-electron chi connectivity index (χ1n) is 5.02. The van der Waals surface area contributed by atoms with E-state index in [0.29, 0.717) is 11.1 Å². The number of phenolic OH excluding ortho intramolecular Hbond substituents is 1. The number of benzene rings is 1. The second-order valence-corrected chi connectivity index (χ2v) is 3.81. The van der Waals surface area contributed by atoms with Crippen molar-refractivity contribution in [1.29, 1.82) is 0 Å². The van der Waals surface area contributed by atoms with Gasteiger partial charge in [0.05, 0.1) is 6.20 Å². The molecule has 5 heteroatoms. The molecule has 1 N–H and O–H groups in total. The second-order valence-electron chi connectivity index (χ2n) is 3.81. The van der Waals surface area contributed by atoms with Crippen LogP contribution in [0.5, 0.6) is 5.75 Å². The Morgan fingerprint density at radius 2 is 2.00 bits per heavy atom. The van der Waals surface area contributed by atoms with Crippen LogP contribution in [-0.2, 0) is 7.05 Å². The first-order valence-corrected chi connectivity index (χ1v) is 5.02. The third-order valence-corrected chi connectivity index (χ3v) is 2.62. The lowest BCUT2D eigenvalue weighted by atomic mass is 10.1. The molecule has 0 saturated carbocycles. The predicted octanol–water partition coefficient (Wildman–Crippen LogP) is 1.60. The highest BCUT2D eigenvalue weighted by Gasteiger charge is 2.08. The molecular formula is C12H11FN2O2. The fourth-order valence-corrected chi connectivity index (χ4v) is 1.46. The maximum absolute atomic E-state index is 13.4. The summed E-state index contributed by atoms with van der Waals surface area (Å²) in [6.07, 6.45) is 1.45. The monoisotopic (exact) mass is 234 g/mol. The van der Waals surface area contributed by atoms with E-state index >= 15 is 0 Å². The van der Waals surface area contributed by atoms with E-state index < -0.39 is 5.82 Å². The molecular weight excluding hydrogens is 223 g/mol. The summed E-state index contributed by atoms with van der Waals surface area (Å²) >= 11 is 0. The van der Waals surface area contributed by atoms with Crippen LogP contribution in [-0.4, -0.2) is 14.9 Å². The minimum Gasteiger partial charge on any atom is -0.508 e. The lowest BCUT2D eigenvalue weighted by Crippen LogP contribution is -2.17. The van der Waals surface area contributed by atoms with Gasteiger partial charge in [-0.25, -0.2) is 9.07 Å². The predicted molar refractivity (Wildman–Crippen MR) is 61.3 cm³/mol. The van der Waals surface area contributed by atoms with Crippen molar-refractivity contribution >= 4 is 0 Å². The highest BCUT2D eigenvalue weighted by Crippen LogP contribution is 2.27. The van der Waals surface area contributed by atoms with E-state index in [1.807, 2.05) is 0 Å². The fraction of sp³-hybridized carbons (Fsp3) is 0.167. The molecule has 0 spiro atoms. The van der Waals surface area contributed by atoms with Crippen LogP contribution in [0, 0.1) is 12.7 Å². The minimum absolute atomic E-state index is 0.138. The van der Waals surface area contributed by atoms with Gasteiger partial charge in [0.2, 0.25) is 0 Å². The molecule has 0 amide bonds. The molecule has 0 aliphatic carbocycles. The first kappa shape index (κ1) is 11.3. The van der Waals surface area contributed by atoms with E-state index in [0.717, 1.165) is 0 Å². The molecule has 2 rings (SSSR count). The second kappa shape index (κ2) is 4.01. The van der Waals surface area contributed by atoms with E-state index in [1.165, 1.54) is 43.0 Å². The van der Waals surface area contributed by atoms with E-state index in [2.05, 4.69) is 5.10 Å². The molecule has 0 bridgehead atoms. The van der Waals surface area contributed by atoms with Gasteiger partial charge in [-0.1, -0.05) is 0 Å². The molecule has 4 nitrogen and oxygen atoms in total. The molecule has 17 heavy (non-hydrogen) atoms. The Hall–Kier alpha value is -2.17. The number of aromatic nitrogens is 2. The van der Waals surface area contributed by atoms with Gasteiger partial charge in [0, 0.05) is 24.2 Å². The smallest absolute Gasteiger partial charge is 0.267 e. The Morgan fingerprint density at radius 1 is 1.29 bits per heavy atom. The van der Waals surface area contributed by atoms with Gasteiger partial charge < -0.3 is 5.11 Å². The molecule has 0 fully saturated rings. The summed E-state index contributed by atoms with van der Waals surface area (Å²) < 4.78 is 14.6. The van der Waals surface area contributed by atoms with Gasteiger partial charge in [0.15, 0.2) is 0 Å². The van der Waals surface area contributed by atoms with Gasteiger partial charge in [0.25, 0.3) is 5.56 Å². The molecule has 0 radical (unpaired) electrons. The summed E-state index contributed by atoms with van der Waals surface area (Å²) in [5.74, 6) is -0.652. The normalized spacial score (nSPS) is 10.5. The largest absolute Gasteiger partial charge is 0.508 e. The Labute approximate surface area is 97.0 Å². The number of aromatic hydroxyl groups is 1. The zero-order valence-corrected chi connectivity index (χ0v) is 9.44. The van der Waals surface area contributed by atoms with Crippen LogP contribution in [0.3, 0.4) is 0 Å². The van der Waals surface area contributed by atoms with Gasteiger partial charge in [-0.05, 0) is 24.6 Å². The van der Waals surface area contributed by atoms with Gasteiger partial charge in [-0.3, -0.25) is 4.79 Å². The van der Waals surface area contributed by atoms with E-state index in [1.54, 1.807) is 0 Å². The third-order valence-electron chi connectivity index (χ3n) is 2.62. The number of hydrogen-bond acceptors (Lipinski definition) is 3. The minimum atomic E-state index is -0.513. The average molecular weight is 234 g/mol. The molecule has 0 atom stereocenters. The van der Waals surface area contributed by atoms with E-state index in [4.69, 9.17) is 0 Å². The molecule has 1 aromatic carbocycles. The number of rotatable bonds is 1. The van der Waals surface area contributed by atoms with Crippen LogP contribution in [0.15, 0.2) is 29.2 Å². The maximum Gasteiger partial charge on any atom is 0.267 e. The molecule has 1 heterocycles. The van der Waals surface area contributed by atoms with Crippen molar-refractivity contribution in [3.8, 4) is 16.9 Å². The quantitative estimate of drug-likeness (QED) is 0.815. The number of aryl methyl sites for hydroxylation is 1. The third kappa shape index (κ3) is 2.04. The zero-order valence-electron chi connectivity index (χ0n) is 9.44. The van der Waals surface area contributed by atoms with Crippen LogP contribution < -0.4 is 5.56 Å². The summed E-state index contributed by atoms with van der Waals surface area (Å²) in [7, 11) is 1.53. The van der Waals surface area contributed by atoms with Crippen LogP contribution >= 0.6 is 0 Å². The molecule has 88 valence electrons. The van der Waals surface area contributed by atoms with Crippen LogP contribution in [0.4, 0.5) is 4.39 Å². The van der Waals surface area contributed by atoms with Crippen LogP contribution in [0.2, 0.25) is 0 Å². The molecule has 1 aromatic heterocycles. The standard InChI is InChI=1S/C12H11FN2O2/c1-7-10(13)3-8(4-11(7)16)9-5-12(17)15(2)14-6-9/h3-6,16H,1-2H3. The van der Waals surface area contributed by atoms with Crippen molar-refractivity contribution in [2.24, 2.45) is 7.05 Å². The summed E-state index contributed by atoms with van der Waals surface area (Å²) in [5.41, 5.74) is 0.798. The highest BCUT2D eigenvalue weighted by molar-refractivity contribution is 5.64. The van der Waals surface area contributed by atoms with Crippen LogP contribution in [0.1, 0.15) is 5.56 Å². The topological polar surface area (TPSA) is 55.1 Å². The van der Waals surface area contributed by atoms with Gasteiger partial charge in [-0.15, -0.1) is 0 Å². The Morgan fingerprint density at radius 3 is 2.59 bits per heavy atom. The summed E-state index contributed by atoms with van der Waals surface area (Å²) in [5, 5.41) is 13.4. The highest BCUT2D eigenvalue weighted by atomic mass is 19.1. The number of halogens is 1. The average Bonchev–Trinajstić information content (AvgIpc) is 2.29. The van der Waals surface area contributed by atoms with Gasteiger partial charge in [-0.2, -0.15) is 5.10 Å². The SMILES string of the molecule is Cc1c(O)cc(-c2cnn(C)c(=O)c2)cc1F.